The van der Waals surface area contributed by atoms with Gasteiger partial charge in [-0.25, -0.2) is 0 Å². The third-order valence-electron chi connectivity index (χ3n) is 2.67. The number of nitrogens with zero attached hydrogens (tertiary/aromatic N) is 1. The van der Waals surface area contributed by atoms with E-state index in [0.717, 1.165) is 31.8 Å². The van der Waals surface area contributed by atoms with Gasteiger partial charge >= 0.3 is 0 Å². The highest BCUT2D eigenvalue weighted by Crippen LogP contribution is 2.19. The van der Waals surface area contributed by atoms with E-state index in [1.54, 1.807) is 12.1 Å². The van der Waals surface area contributed by atoms with Crippen LogP contribution in [0.15, 0.2) is 24.3 Å². The van der Waals surface area contributed by atoms with Crippen LogP contribution in [0.25, 0.3) is 0 Å². The highest BCUT2D eigenvalue weighted by atomic mass is 16.6. The van der Waals surface area contributed by atoms with Crippen LogP contribution in [0.5, 0.6) is 5.75 Å². The minimum absolute atomic E-state index is 0.303. The van der Waals surface area contributed by atoms with Gasteiger partial charge in [0.15, 0.2) is 0 Å². The van der Waals surface area contributed by atoms with Crippen molar-refractivity contribution < 1.29 is 19.4 Å². The SMILES string of the molecule is CCCOCCN(CC)c1ccc(OB([O-])[O-])cc1. The molecule has 0 N–H and O–H groups in total. The lowest BCUT2D eigenvalue weighted by Crippen LogP contribution is -2.50. The zero-order valence-electron chi connectivity index (χ0n) is 11.5. The summed E-state index contributed by atoms with van der Waals surface area (Å²) in [6.07, 6.45) is 1.02. The number of hydrogen-bond donors (Lipinski definition) is 0. The summed E-state index contributed by atoms with van der Waals surface area (Å²) in [4.78, 5) is 2.16. The molecule has 0 spiro atoms. The second-order valence-electron chi connectivity index (χ2n) is 4.09. The van der Waals surface area contributed by atoms with Crippen molar-refractivity contribution in [3.8, 4) is 5.75 Å². The Morgan fingerprint density at radius 1 is 1.11 bits per heavy atom. The van der Waals surface area contributed by atoms with Crippen molar-refractivity contribution in [3.05, 3.63) is 24.3 Å². The Balaban J connectivity index is 2.51. The third-order valence-corrected chi connectivity index (χ3v) is 2.67. The van der Waals surface area contributed by atoms with E-state index in [4.69, 9.17) is 4.74 Å². The molecule has 0 aromatic heterocycles. The summed E-state index contributed by atoms with van der Waals surface area (Å²) < 4.78 is 10.0. The first kappa shape index (κ1) is 15.8. The summed E-state index contributed by atoms with van der Waals surface area (Å²) in [5.41, 5.74) is 1.02. The predicted molar refractivity (Wildman–Crippen MR) is 71.8 cm³/mol. The van der Waals surface area contributed by atoms with Crippen molar-refractivity contribution in [2.75, 3.05) is 31.2 Å². The van der Waals surface area contributed by atoms with Crippen molar-refractivity contribution >= 4 is 13.0 Å². The van der Waals surface area contributed by atoms with Crippen LogP contribution in [0.1, 0.15) is 20.3 Å². The fourth-order valence-corrected chi connectivity index (χ4v) is 1.74. The van der Waals surface area contributed by atoms with Crippen molar-refractivity contribution in [3.63, 3.8) is 0 Å². The lowest BCUT2D eigenvalue weighted by Gasteiger charge is -2.27. The van der Waals surface area contributed by atoms with Gasteiger partial charge in [0.2, 0.25) is 0 Å². The molecular weight excluding hydrogens is 245 g/mol. The van der Waals surface area contributed by atoms with E-state index in [1.807, 2.05) is 12.1 Å². The highest BCUT2D eigenvalue weighted by molar-refractivity contribution is 6.29. The van der Waals surface area contributed by atoms with E-state index in [2.05, 4.69) is 23.4 Å². The standard InChI is InChI=1S/C13H20BNO4/c1-3-10-18-11-9-15(4-2)12-5-7-13(8-6-12)19-14(16)17/h5-8H,3-4,9-11H2,1-2H3/q-2. The van der Waals surface area contributed by atoms with Crippen LogP contribution in [0, 0.1) is 0 Å². The van der Waals surface area contributed by atoms with Crippen LogP contribution >= 0.6 is 0 Å². The molecule has 0 fully saturated rings. The molecule has 6 heteroatoms. The van der Waals surface area contributed by atoms with Gasteiger partial charge in [-0.05, 0) is 37.6 Å². The zero-order chi connectivity index (χ0) is 14.1. The van der Waals surface area contributed by atoms with E-state index in [1.165, 1.54) is 0 Å². The van der Waals surface area contributed by atoms with Crippen LogP contribution in [-0.4, -0.2) is 33.6 Å². The summed E-state index contributed by atoms with van der Waals surface area (Å²) in [7, 11) is -2.28. The van der Waals surface area contributed by atoms with Gasteiger partial charge in [0.1, 0.15) is 7.32 Å². The van der Waals surface area contributed by atoms with Crippen molar-refractivity contribution in [1.29, 1.82) is 0 Å². The zero-order valence-corrected chi connectivity index (χ0v) is 11.5. The Kier molecular flexibility index (Phi) is 7.32. The molecule has 1 aromatic carbocycles. The number of benzene rings is 1. The quantitative estimate of drug-likeness (QED) is 0.465. The van der Waals surface area contributed by atoms with Crippen LogP contribution in [0.3, 0.4) is 0 Å². The third kappa shape index (κ3) is 5.96. The molecule has 0 aliphatic carbocycles. The summed E-state index contributed by atoms with van der Waals surface area (Å²) in [6.45, 7) is 7.27. The van der Waals surface area contributed by atoms with Crippen LogP contribution in [-0.2, 0) is 4.74 Å². The minimum Gasteiger partial charge on any atom is -0.860 e. The average Bonchev–Trinajstić information content (AvgIpc) is 2.40. The smallest absolute Gasteiger partial charge is 0.133 e. The van der Waals surface area contributed by atoms with Gasteiger partial charge in [0.05, 0.1) is 12.4 Å². The van der Waals surface area contributed by atoms with Gasteiger partial charge in [0.25, 0.3) is 0 Å². The first-order valence-corrected chi connectivity index (χ1v) is 6.58. The van der Waals surface area contributed by atoms with Gasteiger partial charge in [-0.1, -0.05) is 6.92 Å². The van der Waals surface area contributed by atoms with Gasteiger partial charge in [-0.15, -0.1) is 0 Å². The fourth-order valence-electron chi connectivity index (χ4n) is 1.74. The van der Waals surface area contributed by atoms with E-state index in [0.29, 0.717) is 12.4 Å². The van der Waals surface area contributed by atoms with E-state index >= 15 is 0 Å². The summed E-state index contributed by atoms with van der Waals surface area (Å²) in [5.74, 6) is 0.303. The summed E-state index contributed by atoms with van der Waals surface area (Å²) in [6, 6.07) is 6.93. The number of ether oxygens (including phenoxy) is 1. The average molecular weight is 265 g/mol. The second kappa shape index (κ2) is 8.80. The molecule has 0 saturated carbocycles. The normalized spacial score (nSPS) is 10.3. The van der Waals surface area contributed by atoms with Gasteiger partial charge in [-0.3, -0.25) is 0 Å². The summed E-state index contributed by atoms with van der Waals surface area (Å²) in [5, 5.41) is 20.7. The fraction of sp³-hybridized carbons (Fsp3) is 0.538. The van der Waals surface area contributed by atoms with E-state index in [-0.39, 0.29) is 0 Å². The molecule has 0 aliphatic rings. The molecule has 1 aromatic rings. The molecule has 0 bridgehead atoms. The van der Waals surface area contributed by atoms with Gasteiger partial charge in [-0.2, -0.15) is 0 Å². The number of rotatable bonds is 9. The Morgan fingerprint density at radius 2 is 1.79 bits per heavy atom. The molecule has 0 atom stereocenters. The van der Waals surface area contributed by atoms with Crippen molar-refractivity contribution in [1.82, 2.24) is 0 Å². The maximum absolute atomic E-state index is 10.4. The lowest BCUT2D eigenvalue weighted by molar-refractivity contribution is -0.372. The first-order chi connectivity index (χ1) is 9.17. The molecule has 0 unspecified atom stereocenters. The molecule has 0 saturated heterocycles. The van der Waals surface area contributed by atoms with Crippen molar-refractivity contribution in [2.45, 2.75) is 20.3 Å². The van der Waals surface area contributed by atoms with Gasteiger partial charge < -0.3 is 24.3 Å². The maximum Gasteiger partial charge on any atom is 0.133 e. The molecule has 0 aliphatic heterocycles. The Hall–Kier alpha value is -1.24. The monoisotopic (exact) mass is 265 g/mol. The van der Waals surface area contributed by atoms with Crippen LogP contribution < -0.4 is 19.6 Å². The highest BCUT2D eigenvalue weighted by Gasteiger charge is 2.04. The molecule has 0 heterocycles. The molecule has 106 valence electrons. The van der Waals surface area contributed by atoms with E-state index in [9.17, 15) is 10.0 Å². The number of likely N-dealkylation sites (N-methyl/N-ethyl adjacent to an activating group) is 1. The topological polar surface area (TPSA) is 67.8 Å². The first-order valence-electron chi connectivity index (χ1n) is 6.58. The molecule has 0 radical (unpaired) electrons. The Morgan fingerprint density at radius 3 is 2.32 bits per heavy atom. The Labute approximate surface area is 114 Å². The van der Waals surface area contributed by atoms with Crippen LogP contribution in [0.4, 0.5) is 5.69 Å². The molecule has 19 heavy (non-hydrogen) atoms. The minimum atomic E-state index is -2.28. The van der Waals surface area contributed by atoms with Crippen LogP contribution in [0.2, 0.25) is 0 Å². The lowest BCUT2D eigenvalue weighted by atomic mass is 10.2. The molecule has 5 nitrogen and oxygen atoms in total. The number of anilines is 1. The number of hydrogen-bond acceptors (Lipinski definition) is 5. The predicted octanol–water partition coefficient (Wildman–Crippen LogP) is 0.0238. The second-order valence-corrected chi connectivity index (χ2v) is 4.09. The van der Waals surface area contributed by atoms with E-state index < -0.39 is 7.32 Å². The van der Waals surface area contributed by atoms with Gasteiger partial charge in [0, 0.05) is 25.4 Å². The molecule has 1 rings (SSSR count). The van der Waals surface area contributed by atoms with Crippen molar-refractivity contribution in [2.24, 2.45) is 0 Å². The maximum atomic E-state index is 10.4. The summed E-state index contributed by atoms with van der Waals surface area (Å²) >= 11 is 0. The molecule has 0 amide bonds. The Bertz CT molecular complexity index is 345. The molecular formula is C13H20BNO4-2. The largest absolute Gasteiger partial charge is 0.860 e.